The molecule has 0 bridgehead atoms. The minimum atomic E-state index is 0.00224. The Balaban J connectivity index is 1.54. The van der Waals surface area contributed by atoms with Crippen LogP contribution in [0.3, 0.4) is 0 Å². The topological polar surface area (TPSA) is 33.5 Å². The van der Waals surface area contributed by atoms with Crippen LogP contribution in [-0.4, -0.2) is 16.8 Å². The highest BCUT2D eigenvalue weighted by Crippen LogP contribution is 2.36. The third kappa shape index (κ3) is 3.12. The lowest BCUT2D eigenvalue weighted by Crippen LogP contribution is -2.30. The first-order valence-electron chi connectivity index (χ1n) is 7.90. The molecule has 0 aliphatic heterocycles. The molecule has 2 heterocycles. The smallest absolute Gasteiger partial charge is 0.247 e. The van der Waals surface area contributed by atoms with Crippen molar-refractivity contribution in [2.45, 2.75) is 25.4 Å². The van der Waals surface area contributed by atoms with E-state index in [2.05, 4.69) is 0 Å². The first-order chi connectivity index (χ1) is 11.7. The van der Waals surface area contributed by atoms with Gasteiger partial charge < -0.3 is 9.32 Å². The Hall–Kier alpha value is -2.04. The molecule has 0 N–H and O–H groups in total. The Morgan fingerprint density at radius 3 is 2.83 bits per heavy atom. The number of carbonyl (C=O) groups excluding carboxylic acids is 1. The number of halogens is 1. The summed E-state index contributed by atoms with van der Waals surface area (Å²) in [6.45, 7) is 0.515. The lowest BCUT2D eigenvalue weighted by molar-refractivity contribution is -0.127. The van der Waals surface area contributed by atoms with Gasteiger partial charge in [-0.2, -0.15) is 0 Å². The van der Waals surface area contributed by atoms with Crippen molar-refractivity contribution in [3.8, 4) is 0 Å². The van der Waals surface area contributed by atoms with Crippen molar-refractivity contribution < 1.29 is 9.21 Å². The second-order valence-electron chi connectivity index (χ2n) is 5.89. The van der Waals surface area contributed by atoms with E-state index in [0.717, 1.165) is 33.6 Å². The number of benzene rings is 1. The predicted molar refractivity (Wildman–Crippen MR) is 98.1 cm³/mol. The molecule has 1 fully saturated rings. The predicted octanol–water partition coefficient (Wildman–Crippen LogP) is 5.35. The van der Waals surface area contributed by atoms with Crippen molar-refractivity contribution in [2.24, 2.45) is 0 Å². The van der Waals surface area contributed by atoms with Crippen molar-refractivity contribution >= 4 is 45.0 Å². The van der Waals surface area contributed by atoms with Gasteiger partial charge >= 0.3 is 0 Å². The van der Waals surface area contributed by atoms with Gasteiger partial charge in [0.05, 0.1) is 17.8 Å². The van der Waals surface area contributed by atoms with Crippen LogP contribution in [0.15, 0.2) is 53.2 Å². The Labute approximate surface area is 149 Å². The van der Waals surface area contributed by atoms with Crippen LogP contribution in [-0.2, 0) is 11.3 Å². The summed E-state index contributed by atoms with van der Waals surface area (Å²) in [5.74, 6) is 0.811. The number of fused-ring (bicyclic) bond motifs is 1. The van der Waals surface area contributed by atoms with Crippen LogP contribution < -0.4 is 0 Å². The lowest BCUT2D eigenvalue weighted by atomic mass is 10.2. The number of thiophene rings is 1. The highest BCUT2D eigenvalue weighted by Gasteiger charge is 2.32. The quantitative estimate of drug-likeness (QED) is 0.576. The number of carbonyl (C=O) groups is 1. The third-order valence-corrected chi connectivity index (χ3v) is 5.77. The molecule has 1 aliphatic carbocycles. The molecule has 122 valence electrons. The number of amides is 1. The van der Waals surface area contributed by atoms with E-state index in [0.29, 0.717) is 17.6 Å². The summed E-state index contributed by atoms with van der Waals surface area (Å²) >= 11 is 8.03. The summed E-state index contributed by atoms with van der Waals surface area (Å²) < 4.78 is 6.51. The van der Waals surface area contributed by atoms with Gasteiger partial charge in [0.2, 0.25) is 5.91 Å². The fourth-order valence-electron chi connectivity index (χ4n) is 2.73. The number of furan rings is 1. The average molecular weight is 358 g/mol. The van der Waals surface area contributed by atoms with Crippen LogP contribution in [0.5, 0.6) is 0 Å². The van der Waals surface area contributed by atoms with Crippen LogP contribution >= 0.6 is 22.9 Å². The van der Waals surface area contributed by atoms with E-state index in [-0.39, 0.29) is 5.91 Å². The number of rotatable bonds is 5. The maximum absolute atomic E-state index is 12.6. The molecule has 0 spiro atoms. The summed E-state index contributed by atoms with van der Waals surface area (Å²) in [5.41, 5.74) is 0. The molecule has 1 amide bonds. The SMILES string of the molecule is O=C(C=Cc1sc2ccccc2c1Cl)N(Cc1ccco1)C1CC1. The van der Waals surface area contributed by atoms with Gasteiger partial charge in [0.25, 0.3) is 0 Å². The van der Waals surface area contributed by atoms with Gasteiger partial charge in [-0.1, -0.05) is 29.8 Å². The van der Waals surface area contributed by atoms with Crippen LogP contribution in [0, 0.1) is 0 Å². The molecule has 4 rings (SSSR count). The molecule has 1 saturated carbocycles. The zero-order chi connectivity index (χ0) is 16.5. The maximum atomic E-state index is 12.6. The zero-order valence-electron chi connectivity index (χ0n) is 12.9. The monoisotopic (exact) mass is 357 g/mol. The first-order valence-corrected chi connectivity index (χ1v) is 9.10. The fourth-order valence-corrected chi connectivity index (χ4v) is 4.13. The molecule has 2 aromatic heterocycles. The molecule has 24 heavy (non-hydrogen) atoms. The van der Waals surface area contributed by atoms with E-state index < -0.39 is 0 Å². The molecule has 5 heteroatoms. The molecule has 3 aromatic rings. The molecule has 0 unspecified atom stereocenters. The lowest BCUT2D eigenvalue weighted by Gasteiger charge is -2.19. The molecule has 0 atom stereocenters. The number of nitrogens with zero attached hydrogens (tertiary/aromatic N) is 1. The normalized spacial score (nSPS) is 14.5. The fraction of sp³-hybridized carbons (Fsp3) is 0.211. The number of hydrogen-bond donors (Lipinski definition) is 0. The Morgan fingerprint density at radius 1 is 1.29 bits per heavy atom. The Bertz CT molecular complexity index is 893. The van der Waals surface area contributed by atoms with Gasteiger partial charge in [0, 0.05) is 27.1 Å². The summed E-state index contributed by atoms with van der Waals surface area (Å²) in [5, 5.41) is 1.74. The van der Waals surface area contributed by atoms with Crippen LogP contribution in [0.25, 0.3) is 16.2 Å². The molecule has 1 aliphatic rings. The zero-order valence-corrected chi connectivity index (χ0v) is 14.5. The molecular formula is C19H16ClNO2S. The average Bonchev–Trinajstić information content (AvgIpc) is 3.21. The Morgan fingerprint density at radius 2 is 2.12 bits per heavy atom. The standard InChI is InChI=1S/C19H16ClNO2S/c20-19-15-5-1-2-6-16(15)24-17(19)9-10-18(22)21(13-7-8-13)12-14-4-3-11-23-14/h1-6,9-11,13H,7-8,12H2. The van der Waals surface area contributed by atoms with Crippen molar-refractivity contribution in [3.05, 3.63) is 64.4 Å². The molecule has 0 radical (unpaired) electrons. The van der Waals surface area contributed by atoms with Crippen molar-refractivity contribution in [2.75, 3.05) is 0 Å². The van der Waals surface area contributed by atoms with Gasteiger partial charge in [-0.3, -0.25) is 4.79 Å². The van der Waals surface area contributed by atoms with Crippen LogP contribution in [0.1, 0.15) is 23.5 Å². The largest absolute Gasteiger partial charge is 0.467 e. The van der Waals surface area contributed by atoms with E-state index >= 15 is 0 Å². The van der Waals surface area contributed by atoms with E-state index in [1.54, 1.807) is 23.7 Å². The van der Waals surface area contributed by atoms with Gasteiger partial charge in [0.15, 0.2) is 0 Å². The molecular weight excluding hydrogens is 342 g/mol. The number of hydrogen-bond acceptors (Lipinski definition) is 3. The highest BCUT2D eigenvalue weighted by molar-refractivity contribution is 7.20. The van der Waals surface area contributed by atoms with Crippen molar-refractivity contribution in [3.63, 3.8) is 0 Å². The summed E-state index contributed by atoms with van der Waals surface area (Å²) in [4.78, 5) is 15.4. The van der Waals surface area contributed by atoms with E-state index in [9.17, 15) is 4.79 Å². The molecule has 3 nitrogen and oxygen atoms in total. The second kappa shape index (κ2) is 6.46. The van der Waals surface area contributed by atoms with Gasteiger partial charge in [-0.15, -0.1) is 11.3 Å². The summed E-state index contributed by atoms with van der Waals surface area (Å²) in [6.07, 6.45) is 7.20. The highest BCUT2D eigenvalue weighted by atomic mass is 35.5. The molecule has 0 saturated heterocycles. The summed E-state index contributed by atoms with van der Waals surface area (Å²) in [7, 11) is 0. The minimum absolute atomic E-state index is 0.00224. The minimum Gasteiger partial charge on any atom is -0.467 e. The van der Waals surface area contributed by atoms with E-state index in [4.69, 9.17) is 16.0 Å². The first kappa shape index (κ1) is 15.5. The second-order valence-corrected chi connectivity index (χ2v) is 7.35. The Kier molecular flexibility index (Phi) is 4.17. The summed E-state index contributed by atoms with van der Waals surface area (Å²) in [6, 6.07) is 12.1. The van der Waals surface area contributed by atoms with Crippen molar-refractivity contribution in [1.29, 1.82) is 0 Å². The van der Waals surface area contributed by atoms with Crippen LogP contribution in [0.2, 0.25) is 5.02 Å². The van der Waals surface area contributed by atoms with E-state index in [1.807, 2.05) is 47.4 Å². The van der Waals surface area contributed by atoms with Gasteiger partial charge in [0.1, 0.15) is 5.76 Å². The molecule has 1 aromatic carbocycles. The van der Waals surface area contributed by atoms with Crippen LogP contribution in [0.4, 0.5) is 0 Å². The van der Waals surface area contributed by atoms with Crippen molar-refractivity contribution in [1.82, 2.24) is 4.90 Å². The van der Waals surface area contributed by atoms with Gasteiger partial charge in [-0.25, -0.2) is 0 Å². The third-order valence-electron chi connectivity index (χ3n) is 4.11. The van der Waals surface area contributed by atoms with Gasteiger partial charge in [-0.05, 0) is 37.1 Å². The van der Waals surface area contributed by atoms with E-state index in [1.165, 1.54) is 0 Å². The maximum Gasteiger partial charge on any atom is 0.247 e.